The molecule has 9 heteroatoms. The highest BCUT2D eigenvalue weighted by Gasteiger charge is 2.19. The molecule has 0 saturated heterocycles. The zero-order chi connectivity index (χ0) is 18.4. The molecule has 3 aromatic heterocycles. The molecule has 0 radical (unpaired) electrons. The van der Waals surface area contributed by atoms with Gasteiger partial charge in [-0.15, -0.1) is 0 Å². The Morgan fingerprint density at radius 2 is 2.12 bits per heavy atom. The summed E-state index contributed by atoms with van der Waals surface area (Å²) < 4.78 is 8.46. The lowest BCUT2D eigenvalue weighted by Gasteiger charge is -2.08. The fourth-order valence-corrected chi connectivity index (χ4v) is 3.97. The van der Waals surface area contributed by atoms with Gasteiger partial charge in [-0.1, -0.05) is 11.6 Å². The van der Waals surface area contributed by atoms with Crippen molar-refractivity contribution >= 4 is 61.0 Å². The molecular weight excluding hydrogens is 534 g/mol. The maximum Gasteiger partial charge on any atom is 0.347 e. The summed E-state index contributed by atoms with van der Waals surface area (Å²) in [5.41, 5.74) is 1.49. The average molecular weight is 544 g/mol. The minimum Gasteiger partial charge on any atom is -0.401 e. The van der Waals surface area contributed by atoms with E-state index in [0.29, 0.717) is 32.0 Å². The molecule has 0 aliphatic heterocycles. The van der Waals surface area contributed by atoms with Crippen molar-refractivity contribution in [1.82, 2.24) is 19.7 Å². The molecule has 0 saturated carbocycles. The molecule has 0 aliphatic rings. The van der Waals surface area contributed by atoms with Crippen LogP contribution >= 0.6 is 50.1 Å². The number of pyridine rings is 1. The zero-order valence-electron chi connectivity index (χ0n) is 13.2. The average Bonchev–Trinajstić information content (AvgIpc) is 2.97. The van der Waals surface area contributed by atoms with Crippen LogP contribution in [-0.2, 0) is 0 Å². The van der Waals surface area contributed by atoms with Gasteiger partial charge >= 0.3 is 5.63 Å². The van der Waals surface area contributed by atoms with Crippen molar-refractivity contribution in [3.05, 3.63) is 65.7 Å². The van der Waals surface area contributed by atoms with E-state index < -0.39 is 5.63 Å². The lowest BCUT2D eigenvalue weighted by molar-refractivity contribution is 0.513. The molecule has 0 amide bonds. The van der Waals surface area contributed by atoms with Crippen molar-refractivity contribution in [3.8, 4) is 17.4 Å². The molecule has 0 N–H and O–H groups in total. The summed E-state index contributed by atoms with van der Waals surface area (Å²) >= 11 is 11.7. The zero-order valence-corrected chi connectivity index (χ0v) is 17.7. The molecule has 26 heavy (non-hydrogen) atoms. The number of hydrogen-bond donors (Lipinski definition) is 0. The van der Waals surface area contributed by atoms with Crippen molar-refractivity contribution in [1.29, 1.82) is 0 Å². The first kappa shape index (κ1) is 17.6. The highest BCUT2D eigenvalue weighted by atomic mass is 127. The Kier molecular flexibility index (Phi) is 4.57. The van der Waals surface area contributed by atoms with E-state index in [1.807, 2.05) is 13.0 Å². The van der Waals surface area contributed by atoms with Gasteiger partial charge in [-0.25, -0.2) is 19.4 Å². The van der Waals surface area contributed by atoms with Crippen LogP contribution in [0.5, 0.6) is 0 Å². The third-order valence-corrected chi connectivity index (χ3v) is 5.03. The van der Waals surface area contributed by atoms with E-state index in [1.54, 1.807) is 30.5 Å². The second-order valence-electron chi connectivity index (χ2n) is 5.50. The minimum atomic E-state index is -0.456. The summed E-state index contributed by atoms with van der Waals surface area (Å²) in [5.74, 6) is 0.561. The molecule has 0 atom stereocenters. The van der Waals surface area contributed by atoms with Crippen LogP contribution in [0.4, 0.5) is 0 Å². The van der Waals surface area contributed by atoms with Crippen LogP contribution in [0.15, 0.2) is 50.3 Å². The van der Waals surface area contributed by atoms with Gasteiger partial charge in [0.15, 0.2) is 5.82 Å². The smallest absolute Gasteiger partial charge is 0.347 e. The SMILES string of the molecule is Cc1cc(I)cc2c(=O)oc(-c3cc(Br)nn3-c3ncccc3Cl)nc12. The molecule has 4 aromatic rings. The van der Waals surface area contributed by atoms with E-state index in [4.69, 9.17) is 16.0 Å². The quantitative estimate of drug-likeness (QED) is 0.341. The maximum absolute atomic E-state index is 12.5. The van der Waals surface area contributed by atoms with Gasteiger partial charge in [0.25, 0.3) is 0 Å². The van der Waals surface area contributed by atoms with Crippen LogP contribution in [-0.4, -0.2) is 19.7 Å². The fraction of sp³-hybridized carbons (Fsp3) is 0.0588. The van der Waals surface area contributed by atoms with E-state index >= 15 is 0 Å². The van der Waals surface area contributed by atoms with Crippen molar-refractivity contribution in [2.75, 3.05) is 0 Å². The van der Waals surface area contributed by atoms with Crippen LogP contribution in [0.2, 0.25) is 5.02 Å². The first-order chi connectivity index (χ1) is 12.4. The molecule has 0 aliphatic carbocycles. The number of benzene rings is 1. The molecule has 0 spiro atoms. The summed E-state index contributed by atoms with van der Waals surface area (Å²) in [4.78, 5) is 21.3. The summed E-state index contributed by atoms with van der Waals surface area (Å²) in [6.07, 6.45) is 1.61. The second-order valence-corrected chi connectivity index (χ2v) is 7.96. The molecular formula is C17H9BrClIN4O2. The lowest BCUT2D eigenvalue weighted by Crippen LogP contribution is -2.08. The summed E-state index contributed by atoms with van der Waals surface area (Å²) in [6.45, 7) is 1.91. The van der Waals surface area contributed by atoms with Gasteiger partial charge in [0.2, 0.25) is 5.89 Å². The van der Waals surface area contributed by atoms with E-state index in [-0.39, 0.29) is 5.89 Å². The monoisotopic (exact) mass is 542 g/mol. The molecule has 0 bridgehead atoms. The normalized spacial score (nSPS) is 11.2. The molecule has 4 rings (SSSR count). The van der Waals surface area contributed by atoms with Gasteiger partial charge in [0, 0.05) is 15.8 Å². The van der Waals surface area contributed by atoms with Gasteiger partial charge in [0.05, 0.1) is 15.9 Å². The standard InChI is InChI=1S/C17H9BrClIN4O2/c1-8-5-9(20)6-10-14(8)22-16(26-17(10)25)12-7-13(18)23-24(12)15-11(19)3-2-4-21-15/h2-7H,1H3. The van der Waals surface area contributed by atoms with Gasteiger partial charge in [0.1, 0.15) is 10.3 Å². The van der Waals surface area contributed by atoms with E-state index in [0.717, 1.165) is 9.13 Å². The lowest BCUT2D eigenvalue weighted by atomic mass is 10.1. The number of fused-ring (bicyclic) bond motifs is 1. The predicted octanol–water partition coefficient (Wildman–Crippen LogP) is 4.76. The van der Waals surface area contributed by atoms with Gasteiger partial charge in [-0.05, 0) is 75.3 Å². The Morgan fingerprint density at radius 3 is 2.88 bits per heavy atom. The van der Waals surface area contributed by atoms with Crippen LogP contribution < -0.4 is 5.63 Å². The number of halogens is 3. The number of rotatable bonds is 2. The van der Waals surface area contributed by atoms with Gasteiger partial charge in [-0.3, -0.25) is 0 Å². The van der Waals surface area contributed by atoms with Crippen molar-refractivity contribution < 1.29 is 4.42 Å². The topological polar surface area (TPSA) is 73.8 Å². The van der Waals surface area contributed by atoms with E-state index in [1.165, 1.54) is 4.68 Å². The maximum atomic E-state index is 12.5. The molecule has 1 aromatic carbocycles. The third-order valence-electron chi connectivity index (χ3n) is 3.73. The Morgan fingerprint density at radius 1 is 1.31 bits per heavy atom. The Hall–Kier alpha value is -1.78. The number of hydrogen-bond acceptors (Lipinski definition) is 5. The van der Waals surface area contributed by atoms with Crippen LogP contribution in [0.25, 0.3) is 28.3 Å². The van der Waals surface area contributed by atoms with Crippen LogP contribution in [0, 0.1) is 10.5 Å². The minimum absolute atomic E-state index is 0.145. The van der Waals surface area contributed by atoms with Crippen molar-refractivity contribution in [2.45, 2.75) is 6.92 Å². The third kappa shape index (κ3) is 3.06. The predicted molar refractivity (Wildman–Crippen MR) is 111 cm³/mol. The number of aryl methyl sites for hydroxylation is 1. The van der Waals surface area contributed by atoms with Gasteiger partial charge < -0.3 is 4.42 Å². The highest BCUT2D eigenvalue weighted by molar-refractivity contribution is 14.1. The first-order valence-corrected chi connectivity index (χ1v) is 9.67. The molecule has 0 unspecified atom stereocenters. The number of nitrogens with zero attached hydrogens (tertiary/aromatic N) is 4. The van der Waals surface area contributed by atoms with Crippen molar-refractivity contribution in [3.63, 3.8) is 0 Å². The molecule has 130 valence electrons. The fourth-order valence-electron chi connectivity index (χ4n) is 2.62. The molecule has 3 heterocycles. The number of aromatic nitrogens is 4. The largest absolute Gasteiger partial charge is 0.401 e. The molecule has 6 nitrogen and oxygen atoms in total. The Bertz CT molecular complexity index is 1220. The Balaban J connectivity index is 2.01. The molecule has 0 fully saturated rings. The van der Waals surface area contributed by atoms with Crippen LogP contribution in [0.3, 0.4) is 0 Å². The van der Waals surface area contributed by atoms with E-state index in [9.17, 15) is 4.79 Å². The van der Waals surface area contributed by atoms with Gasteiger partial charge in [-0.2, -0.15) is 5.10 Å². The second kappa shape index (κ2) is 6.75. The summed E-state index contributed by atoms with van der Waals surface area (Å²) in [7, 11) is 0. The van der Waals surface area contributed by atoms with Crippen LogP contribution in [0.1, 0.15) is 5.56 Å². The van der Waals surface area contributed by atoms with Crippen molar-refractivity contribution in [2.24, 2.45) is 0 Å². The van der Waals surface area contributed by atoms with E-state index in [2.05, 4.69) is 53.6 Å². The Labute approximate surface area is 174 Å². The highest BCUT2D eigenvalue weighted by Crippen LogP contribution is 2.28. The first-order valence-electron chi connectivity index (χ1n) is 7.42. The summed E-state index contributed by atoms with van der Waals surface area (Å²) in [6, 6.07) is 8.85. The summed E-state index contributed by atoms with van der Waals surface area (Å²) in [5, 5.41) is 5.21.